The molecule has 1 aliphatic rings. The maximum absolute atomic E-state index is 12.6. The molecule has 2 atom stereocenters. The van der Waals surface area contributed by atoms with E-state index in [4.69, 9.17) is 4.52 Å². The van der Waals surface area contributed by atoms with Gasteiger partial charge in [-0.05, 0) is 26.2 Å². The molecule has 1 aliphatic carbocycles. The molecule has 0 radical (unpaired) electrons. The minimum absolute atomic E-state index is 0.0654. The predicted molar refractivity (Wildman–Crippen MR) is 62.5 cm³/mol. The first kappa shape index (κ1) is 14.3. The molecule has 1 aromatic rings. The molecule has 2 rings (SSSR count). The highest BCUT2D eigenvalue weighted by molar-refractivity contribution is 4.85. The summed E-state index contributed by atoms with van der Waals surface area (Å²) < 4.78 is 42.9. The van der Waals surface area contributed by atoms with E-state index in [0.29, 0.717) is 31.1 Å². The molecule has 4 nitrogen and oxygen atoms in total. The Morgan fingerprint density at radius 1 is 1.37 bits per heavy atom. The van der Waals surface area contributed by atoms with Gasteiger partial charge in [0.25, 0.3) is 0 Å². The molecule has 0 saturated heterocycles. The minimum atomic E-state index is -4.07. The fraction of sp³-hybridized carbons (Fsp3) is 0.833. The maximum atomic E-state index is 12.6. The lowest BCUT2D eigenvalue weighted by molar-refractivity contribution is -0.183. The van der Waals surface area contributed by atoms with Gasteiger partial charge in [-0.25, -0.2) is 0 Å². The third-order valence-corrected chi connectivity index (χ3v) is 3.48. The van der Waals surface area contributed by atoms with Crippen molar-refractivity contribution in [3.8, 4) is 0 Å². The van der Waals surface area contributed by atoms with Gasteiger partial charge >= 0.3 is 6.18 Å². The molecule has 1 heterocycles. The molecule has 7 heteroatoms. The fourth-order valence-corrected chi connectivity index (χ4v) is 2.50. The predicted octanol–water partition coefficient (Wildman–Crippen LogP) is 2.63. The lowest BCUT2D eigenvalue weighted by atomic mass is 9.85. The molecule has 0 amide bonds. The Morgan fingerprint density at radius 2 is 2.16 bits per heavy atom. The molecule has 1 saturated carbocycles. The maximum Gasteiger partial charge on any atom is 0.391 e. The lowest BCUT2D eigenvalue weighted by Gasteiger charge is -2.31. The Labute approximate surface area is 109 Å². The van der Waals surface area contributed by atoms with Crippen molar-refractivity contribution >= 4 is 0 Å². The van der Waals surface area contributed by atoms with Crippen LogP contribution in [0.2, 0.25) is 0 Å². The molecule has 1 aromatic heterocycles. The van der Waals surface area contributed by atoms with Crippen LogP contribution in [0.1, 0.15) is 37.4 Å². The van der Waals surface area contributed by atoms with Crippen molar-refractivity contribution < 1.29 is 17.7 Å². The number of alkyl halides is 3. The number of nitrogens with one attached hydrogen (secondary N) is 1. The summed E-state index contributed by atoms with van der Waals surface area (Å²) >= 11 is 0. The van der Waals surface area contributed by atoms with Gasteiger partial charge in [-0.2, -0.15) is 18.2 Å². The average Bonchev–Trinajstić information content (AvgIpc) is 2.74. The second kappa shape index (κ2) is 5.90. The van der Waals surface area contributed by atoms with Crippen LogP contribution in [0.25, 0.3) is 0 Å². The molecule has 1 fully saturated rings. The van der Waals surface area contributed by atoms with E-state index in [1.165, 1.54) is 0 Å². The molecule has 0 aliphatic heterocycles. The lowest BCUT2D eigenvalue weighted by Crippen LogP contribution is -2.39. The Hall–Kier alpha value is -1.11. The van der Waals surface area contributed by atoms with Crippen molar-refractivity contribution in [3.63, 3.8) is 0 Å². The monoisotopic (exact) mass is 277 g/mol. The summed E-state index contributed by atoms with van der Waals surface area (Å²) in [5.41, 5.74) is 0. The third-order valence-electron chi connectivity index (χ3n) is 3.48. The van der Waals surface area contributed by atoms with Gasteiger partial charge in [0.1, 0.15) is 0 Å². The summed E-state index contributed by atoms with van der Waals surface area (Å²) in [6, 6.07) is -0.0654. The molecule has 108 valence electrons. The topological polar surface area (TPSA) is 51.0 Å². The Kier molecular flexibility index (Phi) is 4.44. The number of rotatable bonds is 4. The van der Waals surface area contributed by atoms with Gasteiger partial charge in [-0.1, -0.05) is 11.6 Å². The summed E-state index contributed by atoms with van der Waals surface area (Å²) in [7, 11) is 0. The van der Waals surface area contributed by atoms with Gasteiger partial charge in [0.2, 0.25) is 5.89 Å². The number of aryl methyl sites for hydroxylation is 1. The molecule has 0 bridgehead atoms. The van der Waals surface area contributed by atoms with E-state index in [9.17, 15) is 13.2 Å². The molecular formula is C12H18F3N3O. The van der Waals surface area contributed by atoms with Gasteiger partial charge in [0.05, 0.1) is 5.92 Å². The van der Waals surface area contributed by atoms with Gasteiger partial charge in [-0.15, -0.1) is 0 Å². The summed E-state index contributed by atoms with van der Waals surface area (Å²) in [5.74, 6) is -0.0672. The Bertz CT molecular complexity index is 405. The van der Waals surface area contributed by atoms with E-state index in [1.807, 2.05) is 0 Å². The van der Waals surface area contributed by atoms with Gasteiger partial charge in [0.15, 0.2) is 5.82 Å². The van der Waals surface area contributed by atoms with Crippen molar-refractivity contribution in [2.45, 2.75) is 51.2 Å². The largest absolute Gasteiger partial charge is 0.391 e. The van der Waals surface area contributed by atoms with E-state index < -0.39 is 12.1 Å². The van der Waals surface area contributed by atoms with Crippen molar-refractivity contribution in [1.82, 2.24) is 15.5 Å². The standard InChI is InChI=1S/C12H18F3N3O/c1-8-17-11(19-18-8)5-6-16-10-4-2-3-9(7-10)12(13,14)15/h9-10,16H,2-7H2,1H3. The van der Waals surface area contributed by atoms with Crippen LogP contribution in [-0.4, -0.2) is 28.9 Å². The van der Waals surface area contributed by atoms with Gasteiger partial charge in [0, 0.05) is 19.0 Å². The second-order valence-electron chi connectivity index (χ2n) is 5.04. The number of halogens is 3. The summed E-state index contributed by atoms with van der Waals surface area (Å²) in [6.45, 7) is 2.30. The molecule has 19 heavy (non-hydrogen) atoms. The highest BCUT2D eigenvalue weighted by Gasteiger charge is 2.41. The van der Waals surface area contributed by atoms with E-state index >= 15 is 0 Å². The van der Waals surface area contributed by atoms with E-state index in [0.717, 1.165) is 6.42 Å². The quantitative estimate of drug-likeness (QED) is 0.919. The van der Waals surface area contributed by atoms with E-state index in [1.54, 1.807) is 6.92 Å². The van der Waals surface area contributed by atoms with E-state index in [-0.39, 0.29) is 18.9 Å². The van der Waals surface area contributed by atoms with Crippen molar-refractivity contribution in [3.05, 3.63) is 11.7 Å². The molecule has 1 N–H and O–H groups in total. The normalized spacial score (nSPS) is 24.6. The first-order valence-electron chi connectivity index (χ1n) is 6.54. The summed E-state index contributed by atoms with van der Waals surface area (Å²) in [4.78, 5) is 4.05. The van der Waals surface area contributed by atoms with Crippen LogP contribution in [0.4, 0.5) is 13.2 Å². The zero-order chi connectivity index (χ0) is 13.9. The number of hydrogen-bond acceptors (Lipinski definition) is 4. The molecule has 2 unspecified atom stereocenters. The Morgan fingerprint density at radius 3 is 2.79 bits per heavy atom. The molecule has 0 spiro atoms. The highest BCUT2D eigenvalue weighted by Crippen LogP contribution is 2.37. The van der Waals surface area contributed by atoms with E-state index in [2.05, 4.69) is 15.5 Å². The average molecular weight is 277 g/mol. The summed E-state index contributed by atoms with van der Waals surface area (Å²) in [6.07, 6.45) is -1.66. The van der Waals surface area contributed by atoms with Crippen molar-refractivity contribution in [1.29, 1.82) is 0 Å². The van der Waals surface area contributed by atoms with Crippen LogP contribution in [-0.2, 0) is 6.42 Å². The second-order valence-corrected chi connectivity index (χ2v) is 5.04. The first-order chi connectivity index (χ1) is 8.95. The number of nitrogens with zero attached hydrogens (tertiary/aromatic N) is 2. The molecule has 0 aromatic carbocycles. The van der Waals surface area contributed by atoms with Crippen LogP contribution in [0.3, 0.4) is 0 Å². The zero-order valence-corrected chi connectivity index (χ0v) is 10.8. The SMILES string of the molecule is Cc1noc(CCNC2CCCC(C(F)(F)F)C2)n1. The van der Waals surface area contributed by atoms with Gasteiger partial charge < -0.3 is 9.84 Å². The fourth-order valence-electron chi connectivity index (χ4n) is 2.50. The van der Waals surface area contributed by atoms with Crippen LogP contribution in [0.5, 0.6) is 0 Å². The first-order valence-corrected chi connectivity index (χ1v) is 6.54. The van der Waals surface area contributed by atoms with Crippen LogP contribution < -0.4 is 5.32 Å². The number of hydrogen-bond donors (Lipinski definition) is 1. The minimum Gasteiger partial charge on any atom is -0.339 e. The smallest absolute Gasteiger partial charge is 0.339 e. The van der Waals surface area contributed by atoms with Crippen LogP contribution >= 0.6 is 0 Å². The third kappa shape index (κ3) is 4.19. The van der Waals surface area contributed by atoms with Crippen molar-refractivity contribution in [2.24, 2.45) is 5.92 Å². The zero-order valence-electron chi connectivity index (χ0n) is 10.8. The number of aromatic nitrogens is 2. The van der Waals surface area contributed by atoms with Crippen molar-refractivity contribution in [2.75, 3.05) is 6.54 Å². The molecular weight excluding hydrogens is 259 g/mol. The van der Waals surface area contributed by atoms with Crippen LogP contribution in [0.15, 0.2) is 4.52 Å². The summed E-state index contributed by atoms with van der Waals surface area (Å²) in [5, 5.41) is 6.82. The van der Waals surface area contributed by atoms with Crippen LogP contribution in [0, 0.1) is 12.8 Å². The van der Waals surface area contributed by atoms with Gasteiger partial charge in [-0.3, -0.25) is 0 Å². The highest BCUT2D eigenvalue weighted by atomic mass is 19.4. The Balaban J connectivity index is 1.74.